The monoisotopic (exact) mass is 450 g/mol. The number of hydrogen-bond donors (Lipinski definition) is 0. The van der Waals surface area contributed by atoms with Crippen LogP contribution in [0.4, 0.5) is 0 Å². The van der Waals surface area contributed by atoms with E-state index in [9.17, 15) is 8.42 Å². The molecule has 0 fully saturated rings. The summed E-state index contributed by atoms with van der Waals surface area (Å²) < 4.78 is 26.3. The van der Waals surface area contributed by atoms with Crippen LogP contribution >= 0.6 is 23.2 Å². The molecule has 2 heterocycles. The number of aryl methyl sites for hydroxylation is 1. The van der Waals surface area contributed by atoms with Crippen LogP contribution in [0.25, 0.3) is 22.0 Å². The highest BCUT2D eigenvalue weighted by molar-refractivity contribution is 7.89. The Balaban J connectivity index is 1.80. The van der Waals surface area contributed by atoms with E-state index in [0.29, 0.717) is 22.3 Å². The Labute approximate surface area is 177 Å². The Morgan fingerprint density at radius 2 is 1.90 bits per heavy atom. The molecule has 0 atom stereocenters. The summed E-state index contributed by atoms with van der Waals surface area (Å²) >= 11 is 12.4. The van der Waals surface area contributed by atoms with E-state index in [-0.39, 0.29) is 5.88 Å². The zero-order valence-corrected chi connectivity index (χ0v) is 17.9. The minimum Gasteiger partial charge on any atom is -0.271 e. The van der Waals surface area contributed by atoms with Gasteiger partial charge in [-0.2, -0.15) is 5.10 Å². The predicted octanol–water partition coefficient (Wildman–Crippen LogP) is 3.13. The van der Waals surface area contributed by atoms with E-state index in [1.165, 1.54) is 4.68 Å². The summed E-state index contributed by atoms with van der Waals surface area (Å²) in [5, 5.41) is 18.1. The van der Waals surface area contributed by atoms with Crippen LogP contribution < -0.4 is 0 Å². The van der Waals surface area contributed by atoms with E-state index in [1.54, 1.807) is 16.8 Å². The minimum absolute atomic E-state index is 0.281. The summed E-state index contributed by atoms with van der Waals surface area (Å²) in [4.78, 5) is 0. The molecule has 0 amide bonds. The lowest BCUT2D eigenvalue weighted by molar-refractivity contribution is 0.570. The van der Waals surface area contributed by atoms with Crippen LogP contribution in [0.3, 0.4) is 0 Å². The first-order valence-corrected chi connectivity index (χ1v) is 11.4. The molecule has 11 heteroatoms. The van der Waals surface area contributed by atoms with Crippen LogP contribution in [0.1, 0.15) is 11.5 Å². The summed E-state index contributed by atoms with van der Waals surface area (Å²) in [5.74, 6) is 0.159. The lowest BCUT2D eigenvalue weighted by Crippen LogP contribution is -2.14. The molecule has 4 rings (SSSR count). The molecule has 0 aliphatic rings. The van der Waals surface area contributed by atoms with Crippen LogP contribution in [-0.2, 0) is 29.2 Å². The number of nitrogens with zero attached hydrogens (tertiary/aromatic N) is 6. The number of halogens is 2. The van der Waals surface area contributed by atoms with Gasteiger partial charge in [0.2, 0.25) is 0 Å². The van der Waals surface area contributed by atoms with Gasteiger partial charge >= 0.3 is 0 Å². The molecule has 150 valence electrons. The molecule has 29 heavy (non-hydrogen) atoms. The van der Waals surface area contributed by atoms with E-state index in [0.717, 1.165) is 34.0 Å². The smallest absolute Gasteiger partial charge is 0.167 e. The second-order valence-electron chi connectivity index (χ2n) is 6.72. The molecule has 0 saturated carbocycles. The minimum atomic E-state index is -3.28. The highest BCUT2D eigenvalue weighted by atomic mass is 35.5. The van der Waals surface area contributed by atoms with Gasteiger partial charge in [0.05, 0.1) is 12.1 Å². The Bertz CT molecular complexity index is 1330. The van der Waals surface area contributed by atoms with Crippen LogP contribution in [0.15, 0.2) is 36.4 Å². The second kappa shape index (κ2) is 7.40. The number of sulfone groups is 1. The summed E-state index contributed by atoms with van der Waals surface area (Å²) in [6.45, 7) is 0. The molecular weight excluding hydrogens is 435 g/mol. The SMILES string of the molecule is Cn1nc2c(-c3ccc(Cl)cc3Cl)cccc2c1Cc1nnnn1CS(C)(=O)=O. The summed E-state index contributed by atoms with van der Waals surface area (Å²) in [6.07, 6.45) is 1.47. The molecule has 0 aliphatic heterocycles. The fourth-order valence-corrected chi connectivity index (χ4v) is 4.38. The average Bonchev–Trinajstić information content (AvgIpc) is 3.18. The Morgan fingerprint density at radius 1 is 1.10 bits per heavy atom. The van der Waals surface area contributed by atoms with Crippen molar-refractivity contribution in [3.63, 3.8) is 0 Å². The van der Waals surface area contributed by atoms with Crippen molar-refractivity contribution < 1.29 is 8.42 Å². The van der Waals surface area contributed by atoms with Crippen LogP contribution in [0.5, 0.6) is 0 Å². The maximum Gasteiger partial charge on any atom is 0.167 e. The lowest BCUT2D eigenvalue weighted by atomic mass is 10.0. The second-order valence-corrected chi connectivity index (χ2v) is 9.68. The molecule has 2 aromatic heterocycles. The zero-order valence-electron chi connectivity index (χ0n) is 15.5. The van der Waals surface area contributed by atoms with E-state index in [4.69, 9.17) is 23.2 Å². The topological polar surface area (TPSA) is 95.6 Å². The van der Waals surface area contributed by atoms with E-state index < -0.39 is 9.84 Å². The average molecular weight is 451 g/mol. The first kappa shape index (κ1) is 19.8. The number of tetrazole rings is 1. The molecular formula is C18H16Cl2N6O2S. The third-order valence-corrected chi connectivity index (χ3v) is 5.76. The number of rotatable bonds is 5. The molecule has 0 unspecified atom stereocenters. The molecule has 0 N–H and O–H groups in total. The third kappa shape index (κ3) is 3.98. The van der Waals surface area contributed by atoms with Gasteiger partial charge in [0.15, 0.2) is 15.7 Å². The zero-order chi connectivity index (χ0) is 20.8. The molecule has 0 saturated heterocycles. The Kier molecular flexibility index (Phi) is 5.05. The number of hydrogen-bond acceptors (Lipinski definition) is 6. The van der Waals surface area contributed by atoms with Crippen molar-refractivity contribution in [1.82, 2.24) is 30.0 Å². The maximum absolute atomic E-state index is 11.6. The summed E-state index contributed by atoms with van der Waals surface area (Å²) in [5.41, 5.74) is 3.34. The lowest BCUT2D eigenvalue weighted by Gasteiger charge is -2.06. The van der Waals surface area contributed by atoms with Gasteiger partial charge in [-0.15, -0.1) is 5.10 Å². The normalized spacial score (nSPS) is 12.0. The Hall–Kier alpha value is -2.49. The van der Waals surface area contributed by atoms with Gasteiger partial charge < -0.3 is 0 Å². The molecule has 0 radical (unpaired) electrons. The van der Waals surface area contributed by atoms with Crippen molar-refractivity contribution in [2.45, 2.75) is 12.3 Å². The van der Waals surface area contributed by atoms with Crippen LogP contribution in [-0.4, -0.2) is 44.7 Å². The molecule has 0 bridgehead atoms. The fraction of sp³-hybridized carbons (Fsp3) is 0.222. The van der Waals surface area contributed by atoms with Gasteiger partial charge in [-0.3, -0.25) is 4.68 Å². The molecule has 2 aromatic carbocycles. The summed E-state index contributed by atoms with van der Waals surface area (Å²) in [7, 11) is -1.45. The van der Waals surface area contributed by atoms with Crippen LogP contribution in [0, 0.1) is 0 Å². The highest BCUT2D eigenvalue weighted by Gasteiger charge is 2.19. The largest absolute Gasteiger partial charge is 0.271 e. The molecule has 8 nitrogen and oxygen atoms in total. The van der Waals surface area contributed by atoms with Gasteiger partial charge in [0.25, 0.3) is 0 Å². The molecule has 4 aromatic rings. The van der Waals surface area contributed by atoms with Crippen molar-refractivity contribution in [1.29, 1.82) is 0 Å². The molecule has 0 spiro atoms. The van der Waals surface area contributed by atoms with E-state index in [1.807, 2.05) is 31.3 Å². The number of aromatic nitrogens is 6. The van der Waals surface area contributed by atoms with Crippen molar-refractivity contribution in [3.05, 3.63) is 58.0 Å². The van der Waals surface area contributed by atoms with Crippen molar-refractivity contribution >= 4 is 43.9 Å². The summed E-state index contributed by atoms with van der Waals surface area (Å²) in [6, 6.07) is 11.2. The maximum atomic E-state index is 11.6. The third-order valence-electron chi connectivity index (χ3n) is 4.50. The van der Waals surface area contributed by atoms with Gasteiger partial charge in [-0.25, -0.2) is 13.1 Å². The van der Waals surface area contributed by atoms with Crippen LogP contribution in [0.2, 0.25) is 10.0 Å². The predicted molar refractivity (Wildman–Crippen MR) is 112 cm³/mol. The van der Waals surface area contributed by atoms with Gasteiger partial charge in [-0.05, 0) is 22.6 Å². The van der Waals surface area contributed by atoms with Gasteiger partial charge in [-0.1, -0.05) is 47.5 Å². The van der Waals surface area contributed by atoms with Gasteiger partial charge in [0.1, 0.15) is 11.4 Å². The quantitative estimate of drug-likeness (QED) is 0.463. The first-order valence-electron chi connectivity index (χ1n) is 8.56. The fourth-order valence-electron chi connectivity index (χ4n) is 3.23. The number of benzene rings is 2. The Morgan fingerprint density at radius 3 is 2.62 bits per heavy atom. The number of fused-ring (bicyclic) bond motifs is 1. The van der Waals surface area contributed by atoms with Gasteiger partial charge in [0, 0.05) is 39.9 Å². The molecule has 0 aliphatic carbocycles. The standard InChI is InChI=1S/C18H16Cl2N6O2S/c1-25-16(9-17-21-23-24-26(17)10-29(2,27)28)14-5-3-4-13(18(14)22-25)12-7-6-11(19)8-15(12)20/h3-8H,9-10H2,1-2H3. The first-order chi connectivity index (χ1) is 13.7. The van der Waals surface area contributed by atoms with E-state index >= 15 is 0 Å². The van der Waals surface area contributed by atoms with E-state index in [2.05, 4.69) is 20.6 Å². The highest BCUT2D eigenvalue weighted by Crippen LogP contribution is 2.35. The van der Waals surface area contributed by atoms with Crippen molar-refractivity contribution in [3.8, 4) is 11.1 Å². The van der Waals surface area contributed by atoms with Crippen molar-refractivity contribution in [2.75, 3.05) is 6.26 Å². The van der Waals surface area contributed by atoms with Crippen molar-refractivity contribution in [2.24, 2.45) is 7.05 Å².